The molecule has 1 rings (SSSR count). The highest BCUT2D eigenvalue weighted by molar-refractivity contribution is 7.89. The predicted molar refractivity (Wildman–Crippen MR) is 78.7 cm³/mol. The summed E-state index contributed by atoms with van der Waals surface area (Å²) >= 11 is 0. The van der Waals surface area contributed by atoms with Gasteiger partial charge in [0, 0.05) is 13.1 Å². The van der Waals surface area contributed by atoms with Gasteiger partial charge in [0.25, 0.3) is 0 Å². The summed E-state index contributed by atoms with van der Waals surface area (Å²) in [5, 5.41) is 0. The minimum Gasteiger partial charge on any atom is -0.215 e. The fourth-order valence-electron chi connectivity index (χ4n) is 1.53. The van der Waals surface area contributed by atoms with Gasteiger partial charge in [-0.1, -0.05) is 0 Å². The van der Waals surface area contributed by atoms with Gasteiger partial charge in [0.2, 0.25) is 20.0 Å². The van der Waals surface area contributed by atoms with Crippen LogP contribution in [0.4, 0.5) is 13.2 Å². The molecule has 11 heteroatoms. The Hall–Kier alpha value is -1.17. The lowest BCUT2D eigenvalue weighted by Crippen LogP contribution is -2.30. The number of alkyl halides is 3. The van der Waals surface area contributed by atoms with Crippen LogP contribution in [-0.4, -0.2) is 35.7 Å². The maximum absolute atomic E-state index is 12.4. The zero-order valence-electron chi connectivity index (χ0n) is 12.2. The second-order valence-corrected chi connectivity index (χ2v) is 8.43. The lowest BCUT2D eigenvalue weighted by Gasteiger charge is -2.09. The molecular formula is C12H17F3N2O4S2. The second kappa shape index (κ2) is 7.60. The van der Waals surface area contributed by atoms with Gasteiger partial charge in [-0.15, -0.1) is 0 Å². The Morgan fingerprint density at radius 1 is 0.957 bits per heavy atom. The van der Waals surface area contributed by atoms with E-state index in [4.69, 9.17) is 0 Å². The van der Waals surface area contributed by atoms with Gasteiger partial charge in [0.05, 0.1) is 16.2 Å². The molecule has 2 N–H and O–H groups in total. The molecule has 0 fully saturated rings. The van der Waals surface area contributed by atoms with E-state index in [1.54, 1.807) is 0 Å². The number of hydrogen-bond donors (Lipinski definition) is 2. The first-order valence-corrected chi connectivity index (χ1v) is 9.76. The first kappa shape index (κ1) is 19.9. The quantitative estimate of drug-likeness (QED) is 0.671. The van der Waals surface area contributed by atoms with Crippen molar-refractivity contribution in [1.29, 1.82) is 0 Å². The predicted octanol–water partition coefficient (Wildman–Crippen LogP) is 1.31. The van der Waals surface area contributed by atoms with E-state index in [0.29, 0.717) is 12.1 Å². The molecule has 132 valence electrons. The lowest BCUT2D eigenvalue weighted by molar-refractivity contribution is -0.137. The third-order valence-corrected chi connectivity index (χ3v) is 5.72. The van der Waals surface area contributed by atoms with E-state index < -0.39 is 31.8 Å². The summed E-state index contributed by atoms with van der Waals surface area (Å²) in [5.74, 6) is -0.0791. The summed E-state index contributed by atoms with van der Waals surface area (Å²) in [6.45, 7) is 1.48. The molecule has 0 heterocycles. The molecule has 1 aromatic carbocycles. The highest BCUT2D eigenvalue weighted by Gasteiger charge is 2.30. The number of nitrogens with one attached hydrogen (secondary N) is 2. The largest absolute Gasteiger partial charge is 0.416 e. The zero-order valence-corrected chi connectivity index (χ0v) is 13.9. The van der Waals surface area contributed by atoms with Crippen LogP contribution in [0.15, 0.2) is 29.2 Å². The molecule has 0 aliphatic heterocycles. The van der Waals surface area contributed by atoms with Crippen molar-refractivity contribution >= 4 is 20.0 Å². The number of benzene rings is 1. The molecule has 0 saturated heterocycles. The number of rotatable bonds is 8. The minimum atomic E-state index is -4.54. The van der Waals surface area contributed by atoms with Gasteiger partial charge < -0.3 is 0 Å². The normalized spacial score (nSPS) is 13.2. The molecule has 0 atom stereocenters. The van der Waals surface area contributed by atoms with Crippen LogP contribution >= 0.6 is 0 Å². The van der Waals surface area contributed by atoms with Crippen LogP contribution in [0, 0.1) is 0 Å². The highest BCUT2D eigenvalue weighted by Crippen LogP contribution is 2.29. The van der Waals surface area contributed by atoms with Crippen LogP contribution in [0.25, 0.3) is 0 Å². The molecule has 0 saturated carbocycles. The van der Waals surface area contributed by atoms with E-state index in [0.717, 1.165) is 12.1 Å². The van der Waals surface area contributed by atoms with Crippen molar-refractivity contribution in [3.05, 3.63) is 29.8 Å². The van der Waals surface area contributed by atoms with Gasteiger partial charge in [-0.3, -0.25) is 0 Å². The smallest absolute Gasteiger partial charge is 0.215 e. The van der Waals surface area contributed by atoms with E-state index in [9.17, 15) is 30.0 Å². The van der Waals surface area contributed by atoms with Crippen LogP contribution in [0.5, 0.6) is 0 Å². The van der Waals surface area contributed by atoms with Gasteiger partial charge >= 0.3 is 6.18 Å². The maximum Gasteiger partial charge on any atom is 0.416 e. The Balaban J connectivity index is 2.56. The summed E-state index contributed by atoms with van der Waals surface area (Å²) in [6.07, 6.45) is -4.33. The molecule has 0 aliphatic carbocycles. The van der Waals surface area contributed by atoms with Crippen molar-refractivity contribution in [2.45, 2.75) is 24.4 Å². The fraction of sp³-hybridized carbons (Fsp3) is 0.500. The van der Waals surface area contributed by atoms with Crippen molar-refractivity contribution in [2.75, 3.05) is 18.8 Å². The van der Waals surface area contributed by atoms with Crippen molar-refractivity contribution in [1.82, 2.24) is 9.44 Å². The third kappa shape index (κ3) is 6.45. The molecule has 23 heavy (non-hydrogen) atoms. The van der Waals surface area contributed by atoms with Gasteiger partial charge in [-0.25, -0.2) is 26.3 Å². The van der Waals surface area contributed by atoms with Crippen molar-refractivity contribution in [3.63, 3.8) is 0 Å². The molecule has 6 nitrogen and oxygen atoms in total. The van der Waals surface area contributed by atoms with E-state index >= 15 is 0 Å². The number of halogens is 3. The average molecular weight is 374 g/mol. The van der Waals surface area contributed by atoms with Crippen LogP contribution in [0.3, 0.4) is 0 Å². The Morgan fingerprint density at radius 2 is 1.48 bits per heavy atom. The Bertz CT molecular complexity index is 714. The molecule has 0 aliphatic rings. The molecule has 0 radical (unpaired) electrons. The highest BCUT2D eigenvalue weighted by atomic mass is 32.2. The van der Waals surface area contributed by atoms with Gasteiger partial charge in [-0.2, -0.15) is 13.2 Å². The maximum atomic E-state index is 12.4. The molecule has 0 unspecified atom stereocenters. The molecule has 0 amide bonds. The van der Waals surface area contributed by atoms with E-state index in [2.05, 4.69) is 9.44 Å². The Kier molecular flexibility index (Phi) is 6.57. The van der Waals surface area contributed by atoms with Crippen LogP contribution in [0.1, 0.15) is 18.9 Å². The van der Waals surface area contributed by atoms with Gasteiger partial charge in [0.15, 0.2) is 0 Å². The zero-order chi connectivity index (χ0) is 17.7. The second-order valence-electron chi connectivity index (χ2n) is 4.57. The Morgan fingerprint density at radius 3 is 1.96 bits per heavy atom. The third-order valence-electron chi connectivity index (χ3n) is 2.84. The van der Waals surface area contributed by atoms with E-state index in [-0.39, 0.29) is 30.2 Å². The Labute approximate surface area is 133 Å². The first-order valence-electron chi connectivity index (χ1n) is 6.62. The van der Waals surface area contributed by atoms with E-state index in [1.807, 2.05) is 0 Å². The van der Waals surface area contributed by atoms with Crippen LogP contribution in [-0.2, 0) is 26.2 Å². The summed E-state index contributed by atoms with van der Waals surface area (Å²) in [4.78, 5) is -0.292. The molecule has 0 aromatic heterocycles. The molecule has 0 spiro atoms. The summed E-state index contributed by atoms with van der Waals surface area (Å²) in [5.41, 5.74) is -0.939. The van der Waals surface area contributed by atoms with Crippen molar-refractivity contribution < 1.29 is 30.0 Å². The number of hydrogen-bond acceptors (Lipinski definition) is 4. The molecule has 0 bridgehead atoms. The topological polar surface area (TPSA) is 92.3 Å². The molecular weight excluding hydrogens is 357 g/mol. The van der Waals surface area contributed by atoms with Crippen molar-refractivity contribution in [3.8, 4) is 0 Å². The summed E-state index contributed by atoms with van der Waals surface area (Å²) in [6, 6.07) is 3.10. The number of sulfonamides is 2. The summed E-state index contributed by atoms with van der Waals surface area (Å²) < 4.78 is 87.7. The fourth-order valence-corrected chi connectivity index (χ4v) is 3.26. The minimum absolute atomic E-state index is 0.0460. The standard InChI is InChI=1S/C12H17F3N2O4S2/c1-2-22(18,19)16-8-3-9-17-23(20,21)11-6-4-10(5-7-11)12(13,14)15/h4-7,16-17H,2-3,8-9H2,1H3. The van der Waals surface area contributed by atoms with Gasteiger partial charge in [0.1, 0.15) is 0 Å². The monoisotopic (exact) mass is 374 g/mol. The first-order chi connectivity index (χ1) is 10.5. The summed E-state index contributed by atoms with van der Waals surface area (Å²) in [7, 11) is -7.28. The molecule has 1 aromatic rings. The lowest BCUT2D eigenvalue weighted by atomic mass is 10.2. The van der Waals surface area contributed by atoms with Crippen LogP contribution in [0.2, 0.25) is 0 Å². The average Bonchev–Trinajstić information content (AvgIpc) is 2.46. The SMILES string of the molecule is CCS(=O)(=O)NCCCNS(=O)(=O)c1ccc(C(F)(F)F)cc1. The van der Waals surface area contributed by atoms with Crippen molar-refractivity contribution in [2.24, 2.45) is 0 Å². The van der Waals surface area contributed by atoms with E-state index in [1.165, 1.54) is 6.92 Å². The van der Waals surface area contributed by atoms with Crippen LogP contribution < -0.4 is 9.44 Å². The van der Waals surface area contributed by atoms with Gasteiger partial charge in [-0.05, 0) is 37.6 Å².